The van der Waals surface area contributed by atoms with Gasteiger partial charge in [-0.25, -0.2) is 0 Å². The minimum absolute atomic E-state index is 0.263. The summed E-state index contributed by atoms with van der Waals surface area (Å²) in [6.45, 7) is 0. The molecular weight excluding hydrogens is 286 g/mol. The third-order valence-electron chi connectivity index (χ3n) is 3.00. The van der Waals surface area contributed by atoms with E-state index in [-0.39, 0.29) is 5.91 Å². The fourth-order valence-electron chi connectivity index (χ4n) is 1.94. The third kappa shape index (κ3) is 3.49. The third-order valence-corrected chi connectivity index (χ3v) is 3.75. The smallest absolute Gasteiger partial charge is 0.263 e. The van der Waals surface area contributed by atoms with Crippen LogP contribution in [-0.4, -0.2) is 26.4 Å². The van der Waals surface area contributed by atoms with E-state index in [2.05, 4.69) is 5.32 Å². The van der Waals surface area contributed by atoms with Gasteiger partial charge in [0.2, 0.25) is 0 Å². The second-order valence-electron chi connectivity index (χ2n) is 4.22. The van der Waals surface area contributed by atoms with Gasteiger partial charge in [0.1, 0.15) is 17.1 Å². The highest BCUT2D eigenvalue weighted by Crippen LogP contribution is 2.29. The van der Waals surface area contributed by atoms with Crippen LogP contribution in [0.3, 0.4) is 0 Å². The van der Waals surface area contributed by atoms with Crippen molar-refractivity contribution in [1.82, 2.24) is 0 Å². The molecule has 0 aliphatic carbocycles. The van der Waals surface area contributed by atoms with Gasteiger partial charge in [0.05, 0.1) is 14.2 Å². The highest BCUT2D eigenvalue weighted by Gasteiger charge is 2.18. The summed E-state index contributed by atoms with van der Waals surface area (Å²) in [6, 6.07) is 12.9. The quantitative estimate of drug-likeness (QED) is 0.856. The lowest BCUT2D eigenvalue weighted by Crippen LogP contribution is -2.14. The van der Waals surface area contributed by atoms with E-state index in [9.17, 15) is 4.79 Å². The molecule has 0 unspecified atom stereocenters. The molecule has 0 aromatic heterocycles. The summed E-state index contributed by atoms with van der Waals surface area (Å²) in [5.74, 6) is 0.696. The molecule has 0 atom stereocenters. The predicted octanol–water partition coefficient (Wildman–Crippen LogP) is 3.68. The molecule has 1 N–H and O–H groups in total. The van der Waals surface area contributed by atoms with Crippen molar-refractivity contribution in [3.05, 3.63) is 48.0 Å². The van der Waals surface area contributed by atoms with Gasteiger partial charge in [-0.2, -0.15) is 0 Å². The van der Waals surface area contributed by atoms with Gasteiger partial charge in [-0.15, -0.1) is 11.8 Å². The standard InChI is InChI=1S/C16H17NO3S/c1-19-13-5-4-6-14(20-2)15(13)16(18)17-11-7-9-12(21-3)10-8-11/h4-10H,1-3H3,(H,17,18). The molecule has 0 aliphatic heterocycles. The summed E-state index contributed by atoms with van der Waals surface area (Å²) in [6.07, 6.45) is 2.01. The lowest BCUT2D eigenvalue weighted by molar-refractivity contribution is 0.102. The van der Waals surface area contributed by atoms with Gasteiger partial charge in [0, 0.05) is 10.6 Å². The largest absolute Gasteiger partial charge is 0.496 e. The van der Waals surface area contributed by atoms with E-state index >= 15 is 0 Å². The van der Waals surface area contributed by atoms with Gasteiger partial charge in [0.25, 0.3) is 5.91 Å². The molecule has 2 rings (SSSR count). The first-order valence-electron chi connectivity index (χ1n) is 6.36. The van der Waals surface area contributed by atoms with Crippen LogP contribution in [0.15, 0.2) is 47.4 Å². The Morgan fingerprint density at radius 2 is 1.57 bits per heavy atom. The molecule has 0 radical (unpaired) electrons. The van der Waals surface area contributed by atoms with Crippen LogP contribution < -0.4 is 14.8 Å². The summed E-state index contributed by atoms with van der Waals surface area (Å²) in [7, 11) is 3.05. The number of carbonyl (C=O) groups is 1. The second-order valence-corrected chi connectivity index (χ2v) is 5.10. The number of carbonyl (C=O) groups excluding carboxylic acids is 1. The molecule has 110 valence electrons. The fraction of sp³-hybridized carbons (Fsp3) is 0.188. The first-order valence-corrected chi connectivity index (χ1v) is 7.58. The molecule has 21 heavy (non-hydrogen) atoms. The van der Waals surface area contributed by atoms with Gasteiger partial charge in [0.15, 0.2) is 0 Å². The molecule has 0 aliphatic rings. The van der Waals surface area contributed by atoms with Crippen molar-refractivity contribution in [3.63, 3.8) is 0 Å². The average Bonchev–Trinajstić information content (AvgIpc) is 2.54. The Morgan fingerprint density at radius 1 is 1.00 bits per heavy atom. The first-order chi connectivity index (χ1) is 10.2. The van der Waals surface area contributed by atoms with Gasteiger partial charge < -0.3 is 14.8 Å². The van der Waals surface area contributed by atoms with E-state index < -0.39 is 0 Å². The summed E-state index contributed by atoms with van der Waals surface area (Å²) < 4.78 is 10.5. The number of benzene rings is 2. The van der Waals surface area contributed by atoms with Crippen molar-refractivity contribution in [1.29, 1.82) is 0 Å². The maximum Gasteiger partial charge on any atom is 0.263 e. The predicted molar refractivity (Wildman–Crippen MR) is 85.7 cm³/mol. The number of nitrogens with one attached hydrogen (secondary N) is 1. The number of ether oxygens (including phenoxy) is 2. The molecule has 2 aromatic rings. The van der Waals surface area contributed by atoms with Crippen LogP contribution in [0.2, 0.25) is 0 Å². The van der Waals surface area contributed by atoms with Crippen molar-refractivity contribution < 1.29 is 14.3 Å². The van der Waals surface area contributed by atoms with E-state index in [0.717, 1.165) is 10.6 Å². The topological polar surface area (TPSA) is 47.6 Å². The molecule has 5 heteroatoms. The maximum atomic E-state index is 12.5. The monoisotopic (exact) mass is 303 g/mol. The number of hydrogen-bond donors (Lipinski definition) is 1. The van der Waals surface area contributed by atoms with Crippen LogP contribution in [0, 0.1) is 0 Å². The van der Waals surface area contributed by atoms with Crippen molar-refractivity contribution in [3.8, 4) is 11.5 Å². The van der Waals surface area contributed by atoms with E-state index in [4.69, 9.17) is 9.47 Å². The Labute approximate surface area is 128 Å². The van der Waals surface area contributed by atoms with Crippen molar-refractivity contribution >= 4 is 23.4 Å². The van der Waals surface area contributed by atoms with Crippen molar-refractivity contribution in [2.75, 3.05) is 25.8 Å². The maximum absolute atomic E-state index is 12.5. The van der Waals surface area contributed by atoms with Gasteiger partial charge in [-0.3, -0.25) is 4.79 Å². The Hall–Kier alpha value is -2.14. The Kier molecular flexibility index (Phi) is 5.11. The molecular formula is C16H17NO3S. The molecule has 0 fully saturated rings. The zero-order valence-electron chi connectivity index (χ0n) is 12.2. The highest BCUT2D eigenvalue weighted by molar-refractivity contribution is 7.98. The van der Waals surface area contributed by atoms with Gasteiger partial charge in [-0.1, -0.05) is 6.07 Å². The molecule has 0 heterocycles. The molecule has 1 amide bonds. The summed E-state index contributed by atoms with van der Waals surface area (Å²) in [5.41, 5.74) is 1.11. The molecule has 2 aromatic carbocycles. The second kappa shape index (κ2) is 7.04. The zero-order valence-corrected chi connectivity index (χ0v) is 13.0. The summed E-state index contributed by atoms with van der Waals surface area (Å²) in [5, 5.41) is 2.85. The number of rotatable bonds is 5. The molecule has 0 spiro atoms. The van der Waals surface area contributed by atoms with Crippen molar-refractivity contribution in [2.24, 2.45) is 0 Å². The first kappa shape index (κ1) is 15.3. The van der Waals surface area contributed by atoms with Crippen LogP contribution in [0.4, 0.5) is 5.69 Å². The number of amides is 1. The van der Waals surface area contributed by atoms with E-state index in [1.54, 1.807) is 30.0 Å². The molecule has 0 saturated heterocycles. The van der Waals surface area contributed by atoms with Crippen LogP contribution in [0.5, 0.6) is 11.5 Å². The van der Waals surface area contributed by atoms with Gasteiger partial charge in [-0.05, 0) is 42.7 Å². The minimum Gasteiger partial charge on any atom is -0.496 e. The highest BCUT2D eigenvalue weighted by atomic mass is 32.2. The SMILES string of the molecule is COc1cccc(OC)c1C(=O)Nc1ccc(SC)cc1. The van der Waals surface area contributed by atoms with Crippen LogP contribution in [0.25, 0.3) is 0 Å². The fourth-order valence-corrected chi connectivity index (χ4v) is 2.35. The van der Waals surface area contributed by atoms with E-state index in [1.165, 1.54) is 14.2 Å². The number of anilines is 1. The minimum atomic E-state index is -0.263. The lowest BCUT2D eigenvalue weighted by Gasteiger charge is -2.13. The molecule has 0 bridgehead atoms. The Bertz CT molecular complexity index is 604. The van der Waals surface area contributed by atoms with E-state index in [1.807, 2.05) is 30.5 Å². The molecule has 4 nitrogen and oxygen atoms in total. The van der Waals surface area contributed by atoms with Crippen LogP contribution in [0.1, 0.15) is 10.4 Å². The van der Waals surface area contributed by atoms with Crippen LogP contribution in [-0.2, 0) is 0 Å². The Morgan fingerprint density at radius 3 is 2.05 bits per heavy atom. The number of methoxy groups -OCH3 is 2. The van der Waals surface area contributed by atoms with Gasteiger partial charge >= 0.3 is 0 Å². The lowest BCUT2D eigenvalue weighted by atomic mass is 10.1. The number of hydrogen-bond acceptors (Lipinski definition) is 4. The van der Waals surface area contributed by atoms with Crippen molar-refractivity contribution in [2.45, 2.75) is 4.90 Å². The summed E-state index contributed by atoms with van der Waals surface area (Å²) in [4.78, 5) is 13.6. The van der Waals surface area contributed by atoms with E-state index in [0.29, 0.717) is 17.1 Å². The molecule has 0 saturated carbocycles. The average molecular weight is 303 g/mol. The Balaban J connectivity index is 2.27. The zero-order chi connectivity index (χ0) is 15.2. The van der Waals surface area contributed by atoms with Crippen LogP contribution >= 0.6 is 11.8 Å². The summed E-state index contributed by atoms with van der Waals surface area (Å²) >= 11 is 1.65. The number of thioether (sulfide) groups is 1. The normalized spacial score (nSPS) is 10.0.